The Hall–Kier alpha value is -0.780. The van der Waals surface area contributed by atoms with Crippen LogP contribution in [0.15, 0.2) is 16.6 Å². The van der Waals surface area contributed by atoms with Crippen molar-refractivity contribution in [2.75, 3.05) is 20.0 Å². The highest BCUT2D eigenvalue weighted by molar-refractivity contribution is 9.10. The summed E-state index contributed by atoms with van der Waals surface area (Å²) in [6.07, 6.45) is 0. The highest BCUT2D eigenvalue weighted by Gasteiger charge is 2.11. The van der Waals surface area contributed by atoms with E-state index in [4.69, 9.17) is 19.3 Å². The molecule has 0 aliphatic rings. The van der Waals surface area contributed by atoms with E-state index in [1.165, 1.54) is 0 Å². The van der Waals surface area contributed by atoms with Crippen LogP contribution < -0.4 is 9.47 Å². The lowest BCUT2D eigenvalue weighted by molar-refractivity contribution is 0.0201. The molecule has 0 unspecified atom stereocenters. The Morgan fingerprint density at radius 2 is 1.94 bits per heavy atom. The Bertz CT molecular complexity index is 355. The van der Waals surface area contributed by atoms with Gasteiger partial charge in [0.1, 0.15) is 0 Å². The molecule has 0 radical (unpaired) electrons. The zero-order chi connectivity index (χ0) is 12.7. The lowest BCUT2D eigenvalue weighted by atomic mass is 10.2. The lowest BCUT2D eigenvalue weighted by Gasteiger charge is -2.14. The molecule has 0 aliphatic heterocycles. The standard InChI is InChI=1S/C12H17BrO4/c1-3-15-8-17-12-10(13)5-9(7-14)6-11(12)16-4-2/h5-6,14H,3-4,7-8H2,1-2H3. The monoisotopic (exact) mass is 304 g/mol. The van der Waals surface area contributed by atoms with Gasteiger partial charge in [-0.15, -0.1) is 0 Å². The average molecular weight is 305 g/mol. The molecular formula is C12H17BrO4. The second-order valence-electron chi connectivity index (χ2n) is 3.25. The van der Waals surface area contributed by atoms with E-state index < -0.39 is 0 Å². The minimum atomic E-state index is -0.0373. The molecule has 0 aliphatic carbocycles. The van der Waals surface area contributed by atoms with Crippen LogP contribution in [0.5, 0.6) is 11.5 Å². The Morgan fingerprint density at radius 1 is 1.18 bits per heavy atom. The Morgan fingerprint density at radius 3 is 2.53 bits per heavy atom. The van der Waals surface area contributed by atoms with Gasteiger partial charge in [-0.1, -0.05) is 0 Å². The highest BCUT2D eigenvalue weighted by Crippen LogP contribution is 2.36. The molecule has 96 valence electrons. The molecule has 1 N–H and O–H groups in total. The van der Waals surface area contributed by atoms with Crippen LogP contribution in [0.1, 0.15) is 19.4 Å². The van der Waals surface area contributed by atoms with Crippen LogP contribution in [0.3, 0.4) is 0 Å². The third-order valence-electron chi connectivity index (χ3n) is 2.04. The Balaban J connectivity index is 2.90. The van der Waals surface area contributed by atoms with E-state index in [1.54, 1.807) is 12.1 Å². The molecule has 0 bridgehead atoms. The third kappa shape index (κ3) is 4.18. The smallest absolute Gasteiger partial charge is 0.189 e. The molecule has 0 fully saturated rings. The van der Waals surface area contributed by atoms with Crippen molar-refractivity contribution in [3.8, 4) is 11.5 Å². The van der Waals surface area contributed by atoms with E-state index in [0.29, 0.717) is 24.7 Å². The average Bonchev–Trinajstić information content (AvgIpc) is 2.32. The number of hydrogen-bond acceptors (Lipinski definition) is 4. The van der Waals surface area contributed by atoms with Gasteiger partial charge < -0.3 is 19.3 Å². The predicted molar refractivity (Wildman–Crippen MR) is 68.4 cm³/mol. The maximum Gasteiger partial charge on any atom is 0.189 e. The molecule has 0 atom stereocenters. The van der Waals surface area contributed by atoms with Gasteiger partial charge in [-0.25, -0.2) is 0 Å². The van der Waals surface area contributed by atoms with Crippen LogP contribution in [0.2, 0.25) is 0 Å². The van der Waals surface area contributed by atoms with Gasteiger partial charge in [-0.05, 0) is 47.5 Å². The van der Waals surface area contributed by atoms with Crippen molar-refractivity contribution in [2.45, 2.75) is 20.5 Å². The van der Waals surface area contributed by atoms with Crippen molar-refractivity contribution in [1.82, 2.24) is 0 Å². The summed E-state index contributed by atoms with van der Waals surface area (Å²) >= 11 is 3.39. The van der Waals surface area contributed by atoms with Gasteiger partial charge >= 0.3 is 0 Å². The van der Waals surface area contributed by atoms with Gasteiger partial charge in [0.2, 0.25) is 0 Å². The lowest BCUT2D eigenvalue weighted by Crippen LogP contribution is -2.05. The summed E-state index contributed by atoms with van der Waals surface area (Å²) in [6, 6.07) is 3.55. The van der Waals surface area contributed by atoms with Crippen molar-refractivity contribution >= 4 is 15.9 Å². The second kappa shape index (κ2) is 7.53. The molecule has 0 heterocycles. The van der Waals surface area contributed by atoms with Gasteiger partial charge in [-0.3, -0.25) is 0 Å². The first-order valence-electron chi connectivity index (χ1n) is 5.49. The second-order valence-corrected chi connectivity index (χ2v) is 4.11. The van der Waals surface area contributed by atoms with Crippen LogP contribution in [-0.2, 0) is 11.3 Å². The predicted octanol–water partition coefficient (Wildman–Crippen LogP) is 2.71. The fourth-order valence-corrected chi connectivity index (χ4v) is 1.90. The van der Waals surface area contributed by atoms with E-state index >= 15 is 0 Å². The summed E-state index contributed by atoms with van der Waals surface area (Å²) in [6.45, 7) is 5.06. The van der Waals surface area contributed by atoms with Gasteiger partial charge in [0.15, 0.2) is 18.3 Å². The summed E-state index contributed by atoms with van der Waals surface area (Å²) in [5, 5.41) is 9.12. The molecule has 1 aromatic rings. The van der Waals surface area contributed by atoms with Crippen LogP contribution in [0, 0.1) is 0 Å². The zero-order valence-corrected chi connectivity index (χ0v) is 11.6. The molecular weight excluding hydrogens is 288 g/mol. The summed E-state index contributed by atoms with van der Waals surface area (Å²) in [5.41, 5.74) is 0.768. The van der Waals surface area contributed by atoms with E-state index in [9.17, 15) is 0 Å². The van der Waals surface area contributed by atoms with Gasteiger partial charge in [0.05, 0.1) is 17.7 Å². The topological polar surface area (TPSA) is 47.9 Å². The molecule has 17 heavy (non-hydrogen) atoms. The summed E-state index contributed by atoms with van der Waals surface area (Å²) in [4.78, 5) is 0. The van der Waals surface area contributed by atoms with E-state index in [0.717, 1.165) is 10.0 Å². The number of benzene rings is 1. The number of aliphatic hydroxyl groups excluding tert-OH is 1. The normalized spacial score (nSPS) is 10.4. The number of halogens is 1. The largest absolute Gasteiger partial charge is 0.490 e. The van der Waals surface area contributed by atoms with Gasteiger partial charge in [0.25, 0.3) is 0 Å². The summed E-state index contributed by atoms with van der Waals surface area (Å²) in [7, 11) is 0. The Kier molecular flexibility index (Phi) is 6.32. The molecule has 0 amide bonds. The quantitative estimate of drug-likeness (QED) is 0.621. The first-order valence-corrected chi connectivity index (χ1v) is 6.28. The number of rotatable bonds is 7. The fraction of sp³-hybridized carbons (Fsp3) is 0.500. The van der Waals surface area contributed by atoms with Crippen LogP contribution in [0.4, 0.5) is 0 Å². The maximum absolute atomic E-state index is 9.12. The van der Waals surface area contributed by atoms with Gasteiger partial charge in [-0.2, -0.15) is 0 Å². The van der Waals surface area contributed by atoms with E-state index in [2.05, 4.69) is 15.9 Å². The number of hydrogen-bond donors (Lipinski definition) is 1. The van der Waals surface area contributed by atoms with Crippen LogP contribution >= 0.6 is 15.9 Å². The van der Waals surface area contributed by atoms with Crippen molar-refractivity contribution < 1.29 is 19.3 Å². The SMILES string of the molecule is CCOCOc1c(Br)cc(CO)cc1OCC. The molecule has 0 saturated heterocycles. The van der Waals surface area contributed by atoms with Gasteiger partial charge in [0, 0.05) is 6.61 Å². The molecule has 0 spiro atoms. The minimum Gasteiger partial charge on any atom is -0.490 e. The molecule has 5 heteroatoms. The first kappa shape index (κ1) is 14.3. The zero-order valence-electron chi connectivity index (χ0n) is 10.0. The van der Waals surface area contributed by atoms with Crippen molar-refractivity contribution in [2.24, 2.45) is 0 Å². The molecule has 0 saturated carbocycles. The highest BCUT2D eigenvalue weighted by atomic mass is 79.9. The van der Waals surface area contributed by atoms with Crippen molar-refractivity contribution in [3.63, 3.8) is 0 Å². The third-order valence-corrected chi connectivity index (χ3v) is 2.63. The Labute approximate surface area is 110 Å². The van der Waals surface area contributed by atoms with Crippen molar-refractivity contribution in [1.29, 1.82) is 0 Å². The number of ether oxygens (including phenoxy) is 3. The maximum atomic E-state index is 9.12. The number of aliphatic hydroxyl groups is 1. The first-order chi connectivity index (χ1) is 8.22. The molecule has 0 aromatic heterocycles. The molecule has 4 nitrogen and oxygen atoms in total. The van der Waals surface area contributed by atoms with Crippen LogP contribution in [-0.4, -0.2) is 25.1 Å². The molecule has 1 rings (SSSR count). The fourth-order valence-electron chi connectivity index (χ4n) is 1.30. The van der Waals surface area contributed by atoms with E-state index in [-0.39, 0.29) is 13.4 Å². The molecule has 1 aromatic carbocycles. The minimum absolute atomic E-state index is 0.0373. The van der Waals surface area contributed by atoms with E-state index in [1.807, 2.05) is 13.8 Å². The van der Waals surface area contributed by atoms with Crippen molar-refractivity contribution in [3.05, 3.63) is 22.2 Å². The summed E-state index contributed by atoms with van der Waals surface area (Å²) < 4.78 is 16.8. The summed E-state index contributed by atoms with van der Waals surface area (Å²) in [5.74, 6) is 1.20. The van der Waals surface area contributed by atoms with Crippen LogP contribution in [0.25, 0.3) is 0 Å².